The summed E-state index contributed by atoms with van der Waals surface area (Å²) in [6.45, 7) is 4.05. The Morgan fingerprint density at radius 1 is 1.19 bits per heavy atom. The van der Waals surface area contributed by atoms with Crippen LogP contribution >= 0.6 is 24.0 Å². The zero-order valence-electron chi connectivity index (χ0n) is 18.0. The lowest BCUT2D eigenvalue weighted by Crippen LogP contribution is -2.38. The highest BCUT2D eigenvalue weighted by atomic mass is 127. The molecule has 3 rings (SSSR count). The van der Waals surface area contributed by atoms with Crippen molar-refractivity contribution < 1.29 is 13.5 Å². The molecule has 0 atom stereocenters. The van der Waals surface area contributed by atoms with E-state index in [0.717, 1.165) is 35.1 Å². The fourth-order valence-corrected chi connectivity index (χ4v) is 3.06. The second-order valence-electron chi connectivity index (χ2n) is 6.80. The minimum absolute atomic E-state index is 0. The van der Waals surface area contributed by atoms with Crippen molar-refractivity contribution in [3.05, 3.63) is 71.9 Å². The molecule has 0 aliphatic carbocycles. The number of rotatable bonds is 8. The number of oxazole rings is 1. The van der Waals surface area contributed by atoms with Crippen molar-refractivity contribution in [2.45, 2.75) is 19.9 Å². The number of halogens is 2. The smallest absolute Gasteiger partial charge is 0.226 e. The van der Waals surface area contributed by atoms with Gasteiger partial charge in [-0.15, -0.1) is 24.0 Å². The van der Waals surface area contributed by atoms with Crippen LogP contribution in [0, 0.1) is 5.82 Å². The summed E-state index contributed by atoms with van der Waals surface area (Å²) in [4.78, 5) is 11.3. The third-order valence-electron chi connectivity index (χ3n) is 4.57. The molecule has 8 heteroatoms. The van der Waals surface area contributed by atoms with Crippen LogP contribution in [0.5, 0.6) is 5.75 Å². The van der Waals surface area contributed by atoms with E-state index in [1.807, 2.05) is 38.2 Å². The van der Waals surface area contributed by atoms with Gasteiger partial charge in [-0.3, -0.25) is 4.99 Å². The SMILES string of the molecule is CCNC(=NCCc1coc(-c2ccc(F)cc2)n1)N(C)Cc1ccccc1OC.I. The zero-order chi connectivity index (χ0) is 21.3. The van der Waals surface area contributed by atoms with Gasteiger partial charge in [0.1, 0.15) is 17.8 Å². The molecule has 6 nitrogen and oxygen atoms in total. The van der Waals surface area contributed by atoms with Crippen molar-refractivity contribution in [1.82, 2.24) is 15.2 Å². The number of nitrogens with zero attached hydrogens (tertiary/aromatic N) is 3. The topological polar surface area (TPSA) is 62.9 Å². The van der Waals surface area contributed by atoms with Crippen LogP contribution in [-0.2, 0) is 13.0 Å². The third kappa shape index (κ3) is 6.95. The summed E-state index contributed by atoms with van der Waals surface area (Å²) in [5, 5.41) is 3.32. The molecule has 0 aliphatic heterocycles. The average molecular weight is 538 g/mol. The minimum atomic E-state index is -0.284. The number of aromatic nitrogens is 1. The van der Waals surface area contributed by atoms with Gasteiger partial charge in [0, 0.05) is 44.2 Å². The summed E-state index contributed by atoms with van der Waals surface area (Å²) >= 11 is 0. The molecular formula is C23H28FIN4O2. The largest absolute Gasteiger partial charge is 0.496 e. The first-order valence-electron chi connectivity index (χ1n) is 9.92. The number of hydrogen-bond acceptors (Lipinski definition) is 4. The molecule has 1 aromatic heterocycles. The van der Waals surface area contributed by atoms with Gasteiger partial charge in [-0.05, 0) is 37.3 Å². The molecule has 0 aliphatic rings. The third-order valence-corrected chi connectivity index (χ3v) is 4.57. The standard InChI is InChI=1S/C23H27FN4O2.HI/c1-4-25-23(28(2)15-18-7-5-6-8-21(18)29-3)26-14-13-20-16-30-22(27-20)17-9-11-19(24)12-10-17;/h5-12,16H,4,13-15H2,1-3H3,(H,25,26);1H. The van der Waals surface area contributed by atoms with Crippen molar-refractivity contribution in [1.29, 1.82) is 0 Å². The predicted octanol–water partition coefficient (Wildman–Crippen LogP) is 4.75. The molecule has 0 amide bonds. The molecule has 0 radical (unpaired) electrons. The van der Waals surface area contributed by atoms with Gasteiger partial charge in [-0.1, -0.05) is 18.2 Å². The van der Waals surface area contributed by atoms with Crippen LogP contribution in [0.15, 0.2) is 64.2 Å². The van der Waals surface area contributed by atoms with Crippen LogP contribution in [0.2, 0.25) is 0 Å². The zero-order valence-corrected chi connectivity index (χ0v) is 20.3. The van der Waals surface area contributed by atoms with Gasteiger partial charge in [0.25, 0.3) is 0 Å². The minimum Gasteiger partial charge on any atom is -0.496 e. The van der Waals surface area contributed by atoms with Gasteiger partial charge in [0.15, 0.2) is 5.96 Å². The number of guanidine groups is 1. The Hall–Kier alpha value is -2.62. The molecule has 166 valence electrons. The fraction of sp³-hybridized carbons (Fsp3) is 0.304. The molecule has 1 heterocycles. The molecule has 31 heavy (non-hydrogen) atoms. The van der Waals surface area contributed by atoms with E-state index in [2.05, 4.69) is 15.2 Å². The van der Waals surface area contributed by atoms with Gasteiger partial charge in [-0.25, -0.2) is 9.37 Å². The van der Waals surface area contributed by atoms with Crippen molar-refractivity contribution >= 4 is 29.9 Å². The highest BCUT2D eigenvalue weighted by molar-refractivity contribution is 14.0. The summed E-state index contributed by atoms with van der Waals surface area (Å²) in [5.41, 5.74) is 2.64. The summed E-state index contributed by atoms with van der Waals surface area (Å²) in [5.74, 6) is 1.86. The molecular weight excluding hydrogens is 510 g/mol. The number of methoxy groups -OCH3 is 1. The predicted molar refractivity (Wildman–Crippen MR) is 131 cm³/mol. The maximum atomic E-state index is 13.1. The maximum absolute atomic E-state index is 13.1. The number of ether oxygens (including phenoxy) is 1. The van der Waals surface area contributed by atoms with Crippen LogP contribution in [0.4, 0.5) is 4.39 Å². The quantitative estimate of drug-likeness (QED) is 0.255. The van der Waals surface area contributed by atoms with Crippen LogP contribution in [-0.4, -0.2) is 43.1 Å². The molecule has 1 N–H and O–H groups in total. The van der Waals surface area contributed by atoms with E-state index in [-0.39, 0.29) is 29.8 Å². The van der Waals surface area contributed by atoms with Crippen molar-refractivity contribution in [2.24, 2.45) is 4.99 Å². The normalized spacial score (nSPS) is 11.0. The van der Waals surface area contributed by atoms with E-state index in [4.69, 9.17) is 14.1 Å². The first-order valence-corrected chi connectivity index (χ1v) is 9.92. The Morgan fingerprint density at radius 3 is 2.65 bits per heavy atom. The van der Waals surface area contributed by atoms with Gasteiger partial charge < -0.3 is 19.4 Å². The van der Waals surface area contributed by atoms with E-state index < -0.39 is 0 Å². The molecule has 0 saturated carbocycles. The first-order chi connectivity index (χ1) is 14.6. The highest BCUT2D eigenvalue weighted by Gasteiger charge is 2.11. The lowest BCUT2D eigenvalue weighted by Gasteiger charge is -2.23. The van der Waals surface area contributed by atoms with Crippen LogP contribution in [0.25, 0.3) is 11.5 Å². The molecule has 2 aromatic carbocycles. The van der Waals surface area contributed by atoms with Crippen molar-refractivity contribution in [3.63, 3.8) is 0 Å². The van der Waals surface area contributed by atoms with Crippen LogP contribution < -0.4 is 10.1 Å². The Morgan fingerprint density at radius 2 is 1.94 bits per heavy atom. The van der Waals surface area contributed by atoms with Gasteiger partial charge in [0.05, 0.1) is 12.8 Å². The maximum Gasteiger partial charge on any atom is 0.226 e. The summed E-state index contributed by atoms with van der Waals surface area (Å²) in [6.07, 6.45) is 2.27. The first kappa shape index (κ1) is 24.6. The van der Waals surface area contributed by atoms with E-state index >= 15 is 0 Å². The number of nitrogens with one attached hydrogen (secondary N) is 1. The Bertz CT molecular complexity index is 976. The highest BCUT2D eigenvalue weighted by Crippen LogP contribution is 2.20. The molecule has 0 saturated heterocycles. The number of benzene rings is 2. The van der Waals surface area contributed by atoms with Crippen LogP contribution in [0.1, 0.15) is 18.2 Å². The van der Waals surface area contributed by atoms with Crippen molar-refractivity contribution in [2.75, 3.05) is 27.2 Å². The summed E-state index contributed by atoms with van der Waals surface area (Å²) < 4.78 is 24.0. The van der Waals surface area contributed by atoms with Gasteiger partial charge in [-0.2, -0.15) is 0 Å². The number of aliphatic imine (C=N–C) groups is 1. The van der Waals surface area contributed by atoms with Crippen LogP contribution in [0.3, 0.4) is 0 Å². The van der Waals surface area contributed by atoms with E-state index in [9.17, 15) is 4.39 Å². The van der Waals surface area contributed by atoms with E-state index in [0.29, 0.717) is 25.4 Å². The Kier molecular flexibility index (Phi) is 9.77. The average Bonchev–Trinajstić information content (AvgIpc) is 3.23. The summed E-state index contributed by atoms with van der Waals surface area (Å²) in [6, 6.07) is 14.0. The number of para-hydroxylation sites is 1. The fourth-order valence-electron chi connectivity index (χ4n) is 3.06. The monoisotopic (exact) mass is 538 g/mol. The Balaban J connectivity index is 0.00000341. The molecule has 3 aromatic rings. The molecule has 0 fully saturated rings. The summed E-state index contributed by atoms with van der Waals surface area (Å²) in [7, 11) is 3.67. The molecule has 0 unspecified atom stereocenters. The Labute approximate surface area is 199 Å². The van der Waals surface area contributed by atoms with Crippen molar-refractivity contribution in [3.8, 4) is 17.2 Å². The van der Waals surface area contributed by atoms with Gasteiger partial charge in [0.2, 0.25) is 5.89 Å². The lowest BCUT2D eigenvalue weighted by atomic mass is 10.2. The van der Waals surface area contributed by atoms with E-state index in [1.165, 1.54) is 12.1 Å². The van der Waals surface area contributed by atoms with E-state index in [1.54, 1.807) is 25.5 Å². The van der Waals surface area contributed by atoms with Gasteiger partial charge >= 0.3 is 0 Å². The molecule has 0 spiro atoms. The second-order valence-corrected chi connectivity index (χ2v) is 6.80. The second kappa shape index (κ2) is 12.3. The number of hydrogen-bond donors (Lipinski definition) is 1. The molecule has 0 bridgehead atoms. The lowest BCUT2D eigenvalue weighted by molar-refractivity contribution is 0.396.